The van der Waals surface area contributed by atoms with E-state index in [1.54, 1.807) is 6.33 Å². The van der Waals surface area contributed by atoms with Gasteiger partial charge in [0.2, 0.25) is 0 Å². The number of H-pyrrole nitrogens is 1. The number of aromatic nitrogens is 2. The van der Waals surface area contributed by atoms with E-state index in [1.807, 2.05) is 18.2 Å². The minimum Gasteiger partial charge on any atom is -0.396 e. The summed E-state index contributed by atoms with van der Waals surface area (Å²) in [6.45, 7) is 0.113. The monoisotopic (exact) mass is 191 g/mol. The Labute approximate surface area is 81.8 Å². The van der Waals surface area contributed by atoms with Gasteiger partial charge in [0.25, 0.3) is 0 Å². The molecule has 1 atom stereocenters. The van der Waals surface area contributed by atoms with Gasteiger partial charge in [-0.05, 0) is 24.1 Å². The Hall–Kier alpha value is -1.39. The van der Waals surface area contributed by atoms with Gasteiger partial charge < -0.3 is 15.8 Å². The van der Waals surface area contributed by atoms with E-state index in [0.29, 0.717) is 6.42 Å². The molecule has 1 aromatic heterocycles. The highest BCUT2D eigenvalue weighted by Gasteiger charge is 2.06. The van der Waals surface area contributed by atoms with E-state index in [0.717, 1.165) is 16.6 Å². The first kappa shape index (κ1) is 9.18. The Balaban J connectivity index is 2.33. The van der Waals surface area contributed by atoms with Crippen molar-refractivity contribution in [3.8, 4) is 0 Å². The van der Waals surface area contributed by atoms with Gasteiger partial charge in [0.1, 0.15) is 0 Å². The number of hydrogen-bond donors (Lipinski definition) is 3. The zero-order valence-corrected chi connectivity index (χ0v) is 7.77. The summed E-state index contributed by atoms with van der Waals surface area (Å²) in [5, 5.41) is 8.77. The Morgan fingerprint density at radius 3 is 3.14 bits per heavy atom. The van der Waals surface area contributed by atoms with Crippen molar-refractivity contribution in [2.75, 3.05) is 6.61 Å². The van der Waals surface area contributed by atoms with Crippen LogP contribution in [0.4, 0.5) is 0 Å². The molecule has 4 nitrogen and oxygen atoms in total. The summed E-state index contributed by atoms with van der Waals surface area (Å²) in [6, 6.07) is 5.75. The maximum atomic E-state index is 8.77. The van der Waals surface area contributed by atoms with Gasteiger partial charge in [-0.25, -0.2) is 4.98 Å². The maximum absolute atomic E-state index is 8.77. The predicted molar refractivity (Wildman–Crippen MR) is 54.7 cm³/mol. The quantitative estimate of drug-likeness (QED) is 0.676. The van der Waals surface area contributed by atoms with E-state index in [4.69, 9.17) is 10.8 Å². The molecule has 0 saturated carbocycles. The summed E-state index contributed by atoms with van der Waals surface area (Å²) >= 11 is 0. The average molecular weight is 191 g/mol. The molecule has 0 amide bonds. The number of fused-ring (bicyclic) bond motifs is 1. The van der Waals surface area contributed by atoms with Crippen molar-refractivity contribution in [2.24, 2.45) is 5.73 Å². The fourth-order valence-electron chi connectivity index (χ4n) is 1.49. The molecule has 14 heavy (non-hydrogen) atoms. The molecular formula is C10H13N3O. The van der Waals surface area contributed by atoms with Gasteiger partial charge in [-0.15, -0.1) is 0 Å². The standard InChI is InChI=1S/C10H13N3O/c11-8(3-4-14)7-1-2-9-10(5-7)13-6-12-9/h1-2,5-6,8,14H,3-4,11H2,(H,12,13). The number of benzene rings is 1. The molecule has 0 radical (unpaired) electrons. The number of aliphatic hydroxyl groups excluding tert-OH is 1. The van der Waals surface area contributed by atoms with Crippen LogP contribution in [-0.4, -0.2) is 21.7 Å². The largest absolute Gasteiger partial charge is 0.396 e. The zero-order chi connectivity index (χ0) is 9.97. The number of nitrogens with one attached hydrogen (secondary N) is 1. The van der Waals surface area contributed by atoms with Gasteiger partial charge in [-0.3, -0.25) is 0 Å². The van der Waals surface area contributed by atoms with E-state index in [-0.39, 0.29) is 12.6 Å². The molecular weight excluding hydrogens is 178 g/mol. The lowest BCUT2D eigenvalue weighted by Crippen LogP contribution is -2.11. The molecule has 0 spiro atoms. The second-order valence-corrected chi connectivity index (χ2v) is 3.30. The third kappa shape index (κ3) is 1.62. The van der Waals surface area contributed by atoms with Crippen molar-refractivity contribution >= 4 is 11.0 Å². The molecule has 2 rings (SSSR count). The first-order chi connectivity index (χ1) is 6.81. The maximum Gasteiger partial charge on any atom is 0.0931 e. The molecule has 74 valence electrons. The van der Waals surface area contributed by atoms with E-state index in [9.17, 15) is 0 Å². The van der Waals surface area contributed by atoms with E-state index < -0.39 is 0 Å². The van der Waals surface area contributed by atoms with Crippen molar-refractivity contribution in [1.82, 2.24) is 9.97 Å². The summed E-state index contributed by atoms with van der Waals surface area (Å²) in [5.74, 6) is 0. The molecule has 1 heterocycles. The summed E-state index contributed by atoms with van der Waals surface area (Å²) in [4.78, 5) is 7.15. The van der Waals surface area contributed by atoms with Crippen LogP contribution in [0, 0.1) is 0 Å². The van der Waals surface area contributed by atoms with Crippen LogP contribution < -0.4 is 5.73 Å². The fraction of sp³-hybridized carbons (Fsp3) is 0.300. The van der Waals surface area contributed by atoms with Crippen LogP contribution in [0.5, 0.6) is 0 Å². The molecule has 4 N–H and O–H groups in total. The normalized spacial score (nSPS) is 13.3. The van der Waals surface area contributed by atoms with Crippen LogP contribution >= 0.6 is 0 Å². The van der Waals surface area contributed by atoms with Gasteiger partial charge >= 0.3 is 0 Å². The van der Waals surface area contributed by atoms with Gasteiger partial charge in [0.05, 0.1) is 17.4 Å². The zero-order valence-electron chi connectivity index (χ0n) is 7.77. The minimum atomic E-state index is -0.104. The Morgan fingerprint density at radius 2 is 2.36 bits per heavy atom. The van der Waals surface area contributed by atoms with E-state index in [1.165, 1.54) is 0 Å². The molecule has 4 heteroatoms. The molecule has 1 aromatic carbocycles. The molecule has 0 aliphatic heterocycles. The van der Waals surface area contributed by atoms with Crippen LogP contribution in [0.25, 0.3) is 11.0 Å². The summed E-state index contributed by atoms with van der Waals surface area (Å²) in [5.41, 5.74) is 8.81. The highest BCUT2D eigenvalue weighted by molar-refractivity contribution is 5.75. The van der Waals surface area contributed by atoms with Gasteiger partial charge in [-0.1, -0.05) is 6.07 Å². The van der Waals surface area contributed by atoms with Crippen molar-refractivity contribution in [3.05, 3.63) is 30.1 Å². The van der Waals surface area contributed by atoms with Gasteiger partial charge in [0, 0.05) is 12.6 Å². The van der Waals surface area contributed by atoms with Crippen molar-refractivity contribution < 1.29 is 5.11 Å². The van der Waals surface area contributed by atoms with Gasteiger partial charge in [-0.2, -0.15) is 0 Å². The average Bonchev–Trinajstić information content (AvgIpc) is 2.64. The van der Waals surface area contributed by atoms with Crippen LogP contribution in [-0.2, 0) is 0 Å². The third-order valence-electron chi connectivity index (χ3n) is 2.31. The SMILES string of the molecule is NC(CCO)c1ccc2nc[nH]c2c1. The first-order valence-electron chi connectivity index (χ1n) is 4.60. The molecule has 2 aromatic rings. The number of rotatable bonds is 3. The van der Waals surface area contributed by atoms with Crippen molar-refractivity contribution in [3.63, 3.8) is 0 Å². The lowest BCUT2D eigenvalue weighted by molar-refractivity contribution is 0.276. The van der Waals surface area contributed by atoms with Crippen LogP contribution in [0.15, 0.2) is 24.5 Å². The summed E-state index contributed by atoms with van der Waals surface area (Å²) < 4.78 is 0. The number of hydrogen-bond acceptors (Lipinski definition) is 3. The number of aliphatic hydroxyl groups is 1. The van der Waals surface area contributed by atoms with Crippen LogP contribution in [0.1, 0.15) is 18.0 Å². The Kier molecular flexibility index (Phi) is 2.47. The van der Waals surface area contributed by atoms with Crippen molar-refractivity contribution in [1.29, 1.82) is 0 Å². The lowest BCUT2D eigenvalue weighted by Gasteiger charge is -2.09. The summed E-state index contributed by atoms with van der Waals surface area (Å²) in [7, 11) is 0. The highest BCUT2D eigenvalue weighted by atomic mass is 16.3. The lowest BCUT2D eigenvalue weighted by atomic mass is 10.0. The second kappa shape index (κ2) is 3.77. The first-order valence-corrected chi connectivity index (χ1v) is 4.60. The summed E-state index contributed by atoms with van der Waals surface area (Å²) in [6.07, 6.45) is 2.24. The Morgan fingerprint density at radius 1 is 1.50 bits per heavy atom. The van der Waals surface area contributed by atoms with Gasteiger partial charge in [0.15, 0.2) is 0 Å². The second-order valence-electron chi connectivity index (χ2n) is 3.30. The molecule has 0 saturated heterocycles. The van der Waals surface area contributed by atoms with Crippen LogP contribution in [0.3, 0.4) is 0 Å². The molecule has 0 aliphatic rings. The smallest absolute Gasteiger partial charge is 0.0931 e. The van der Waals surface area contributed by atoms with Crippen molar-refractivity contribution in [2.45, 2.75) is 12.5 Å². The van der Waals surface area contributed by atoms with E-state index in [2.05, 4.69) is 9.97 Å². The number of imidazole rings is 1. The fourth-order valence-corrected chi connectivity index (χ4v) is 1.49. The molecule has 0 fully saturated rings. The number of nitrogens with zero attached hydrogens (tertiary/aromatic N) is 1. The molecule has 1 unspecified atom stereocenters. The number of nitrogens with two attached hydrogens (primary N) is 1. The molecule has 0 aliphatic carbocycles. The Bertz CT molecular complexity index is 424. The third-order valence-corrected chi connectivity index (χ3v) is 2.31. The van der Waals surface area contributed by atoms with Crippen LogP contribution in [0.2, 0.25) is 0 Å². The predicted octanol–water partition coefficient (Wildman–Crippen LogP) is 0.945. The topological polar surface area (TPSA) is 74.9 Å². The molecule has 0 bridgehead atoms. The highest BCUT2D eigenvalue weighted by Crippen LogP contribution is 2.18. The van der Waals surface area contributed by atoms with E-state index >= 15 is 0 Å². The minimum absolute atomic E-state index is 0.104. The number of aromatic amines is 1.